The van der Waals surface area contributed by atoms with Crippen LogP contribution in [0.2, 0.25) is 5.02 Å². The molecule has 100 valence electrons. The zero-order chi connectivity index (χ0) is 12.4. The quantitative estimate of drug-likeness (QED) is 0.907. The summed E-state index contributed by atoms with van der Waals surface area (Å²) < 4.78 is 0. The second-order valence-electron chi connectivity index (χ2n) is 4.53. The van der Waals surface area contributed by atoms with Gasteiger partial charge in [0.15, 0.2) is 0 Å². The predicted octanol–water partition coefficient (Wildman–Crippen LogP) is 2.50. The lowest BCUT2D eigenvalue weighted by Gasteiger charge is -2.24. The fraction of sp³-hybridized carbons (Fsp3) is 0.462. The minimum atomic E-state index is 0. The Hall–Kier alpha value is -0.770. The van der Waals surface area contributed by atoms with Crippen molar-refractivity contribution in [1.29, 1.82) is 0 Å². The van der Waals surface area contributed by atoms with Gasteiger partial charge in [-0.1, -0.05) is 17.7 Å². The first kappa shape index (κ1) is 15.3. The van der Waals surface area contributed by atoms with Crippen LogP contribution in [0.25, 0.3) is 0 Å². The lowest BCUT2D eigenvalue weighted by atomic mass is 10.1. The Morgan fingerprint density at radius 3 is 2.78 bits per heavy atom. The number of hydrogen-bond donors (Lipinski definition) is 1. The van der Waals surface area contributed by atoms with Crippen LogP contribution in [-0.2, 0) is 0 Å². The van der Waals surface area contributed by atoms with Gasteiger partial charge in [0.2, 0.25) is 0 Å². The summed E-state index contributed by atoms with van der Waals surface area (Å²) in [4.78, 5) is 14.0. The second-order valence-corrected chi connectivity index (χ2v) is 4.93. The van der Waals surface area contributed by atoms with E-state index in [4.69, 9.17) is 11.6 Å². The zero-order valence-electron chi connectivity index (χ0n) is 10.6. The van der Waals surface area contributed by atoms with Crippen LogP contribution in [-0.4, -0.2) is 37.0 Å². The number of likely N-dealkylation sites (N-methyl/N-ethyl adjacent to an activating group) is 1. The van der Waals surface area contributed by atoms with Crippen LogP contribution in [0.5, 0.6) is 0 Å². The molecule has 1 unspecified atom stereocenters. The highest BCUT2D eigenvalue weighted by molar-refractivity contribution is 6.31. The molecule has 1 aliphatic heterocycles. The molecule has 1 fully saturated rings. The molecule has 1 saturated heterocycles. The molecule has 1 atom stereocenters. The van der Waals surface area contributed by atoms with E-state index >= 15 is 0 Å². The van der Waals surface area contributed by atoms with Crippen LogP contribution in [0, 0.1) is 6.92 Å². The molecule has 1 heterocycles. The molecule has 2 rings (SSSR count). The van der Waals surface area contributed by atoms with Gasteiger partial charge in [-0.3, -0.25) is 4.79 Å². The maximum atomic E-state index is 12.2. The molecule has 1 aromatic carbocycles. The number of carbonyl (C=O) groups is 1. The molecule has 0 spiro atoms. The van der Waals surface area contributed by atoms with Gasteiger partial charge in [0, 0.05) is 30.2 Å². The van der Waals surface area contributed by atoms with Gasteiger partial charge in [-0.25, -0.2) is 0 Å². The van der Waals surface area contributed by atoms with Crippen molar-refractivity contribution in [2.24, 2.45) is 0 Å². The highest BCUT2D eigenvalue weighted by Crippen LogP contribution is 2.19. The van der Waals surface area contributed by atoms with Gasteiger partial charge >= 0.3 is 0 Å². The third-order valence-electron chi connectivity index (χ3n) is 3.32. The number of nitrogens with one attached hydrogen (secondary N) is 1. The molecule has 0 radical (unpaired) electrons. The number of carbonyl (C=O) groups excluding carboxylic acids is 1. The number of rotatable bonds is 2. The van der Waals surface area contributed by atoms with E-state index in [-0.39, 0.29) is 18.3 Å². The Morgan fingerprint density at radius 1 is 1.50 bits per heavy atom. The molecular weight excluding hydrogens is 271 g/mol. The van der Waals surface area contributed by atoms with Gasteiger partial charge in [-0.15, -0.1) is 12.4 Å². The lowest BCUT2D eigenvalue weighted by Crippen LogP contribution is -2.38. The van der Waals surface area contributed by atoms with E-state index in [1.54, 1.807) is 11.0 Å². The van der Waals surface area contributed by atoms with E-state index in [1.165, 1.54) is 0 Å². The van der Waals surface area contributed by atoms with Crippen LogP contribution in [0.4, 0.5) is 0 Å². The van der Waals surface area contributed by atoms with E-state index in [0.29, 0.717) is 16.6 Å². The monoisotopic (exact) mass is 288 g/mol. The summed E-state index contributed by atoms with van der Waals surface area (Å²) in [6, 6.07) is 5.76. The maximum absolute atomic E-state index is 12.2. The first-order valence-electron chi connectivity index (χ1n) is 5.83. The summed E-state index contributed by atoms with van der Waals surface area (Å²) >= 11 is 6.04. The minimum Gasteiger partial charge on any atom is -0.337 e. The van der Waals surface area contributed by atoms with E-state index in [9.17, 15) is 4.79 Å². The zero-order valence-corrected chi connectivity index (χ0v) is 12.1. The van der Waals surface area contributed by atoms with E-state index in [0.717, 1.165) is 25.1 Å². The largest absolute Gasteiger partial charge is 0.337 e. The summed E-state index contributed by atoms with van der Waals surface area (Å²) in [5.41, 5.74) is 1.66. The molecule has 0 saturated carbocycles. The van der Waals surface area contributed by atoms with Crippen molar-refractivity contribution < 1.29 is 4.79 Å². The standard InChI is InChI=1S/C13H17ClN2O.ClH/c1-9-3-4-10(7-12(9)14)13(17)16(2)11-5-6-15-8-11;/h3-4,7,11,15H,5-6,8H2,1-2H3;1H. The third kappa shape index (κ3) is 3.16. The molecule has 0 bridgehead atoms. The van der Waals surface area contributed by atoms with Crippen LogP contribution in [0.15, 0.2) is 18.2 Å². The molecule has 0 aliphatic carbocycles. The Morgan fingerprint density at radius 2 is 2.22 bits per heavy atom. The lowest BCUT2D eigenvalue weighted by molar-refractivity contribution is 0.0744. The van der Waals surface area contributed by atoms with E-state index in [1.807, 2.05) is 26.1 Å². The van der Waals surface area contributed by atoms with Crippen LogP contribution < -0.4 is 5.32 Å². The topological polar surface area (TPSA) is 32.3 Å². The smallest absolute Gasteiger partial charge is 0.253 e. The Kier molecular flexibility index (Phi) is 5.45. The van der Waals surface area contributed by atoms with Crippen molar-refractivity contribution in [3.63, 3.8) is 0 Å². The number of aryl methyl sites for hydroxylation is 1. The van der Waals surface area contributed by atoms with Crippen LogP contribution >= 0.6 is 24.0 Å². The Bertz CT molecular complexity index is 431. The average Bonchev–Trinajstić information content (AvgIpc) is 2.84. The molecule has 18 heavy (non-hydrogen) atoms. The average molecular weight is 289 g/mol. The Labute approximate surface area is 119 Å². The van der Waals surface area contributed by atoms with Gasteiger partial charge in [0.1, 0.15) is 0 Å². The molecule has 0 aromatic heterocycles. The molecule has 1 amide bonds. The van der Waals surface area contributed by atoms with Gasteiger partial charge in [0.25, 0.3) is 5.91 Å². The summed E-state index contributed by atoms with van der Waals surface area (Å²) in [5.74, 6) is 0.0422. The first-order chi connectivity index (χ1) is 8.09. The van der Waals surface area contributed by atoms with Gasteiger partial charge in [0.05, 0.1) is 0 Å². The third-order valence-corrected chi connectivity index (χ3v) is 3.73. The van der Waals surface area contributed by atoms with Crippen molar-refractivity contribution in [3.8, 4) is 0 Å². The van der Waals surface area contributed by atoms with Gasteiger partial charge in [-0.2, -0.15) is 0 Å². The summed E-state index contributed by atoms with van der Waals surface area (Å²) in [6.45, 7) is 3.79. The minimum absolute atomic E-state index is 0. The maximum Gasteiger partial charge on any atom is 0.253 e. The van der Waals surface area contributed by atoms with Crippen molar-refractivity contribution >= 4 is 29.9 Å². The molecule has 3 nitrogen and oxygen atoms in total. The molecule has 5 heteroatoms. The number of hydrogen-bond acceptors (Lipinski definition) is 2. The predicted molar refractivity (Wildman–Crippen MR) is 76.8 cm³/mol. The highest BCUT2D eigenvalue weighted by atomic mass is 35.5. The molecule has 1 aliphatic rings. The van der Waals surface area contributed by atoms with Crippen molar-refractivity contribution in [2.75, 3.05) is 20.1 Å². The van der Waals surface area contributed by atoms with Crippen LogP contribution in [0.1, 0.15) is 22.3 Å². The summed E-state index contributed by atoms with van der Waals surface area (Å²) in [6.07, 6.45) is 1.02. The fourth-order valence-electron chi connectivity index (χ4n) is 2.07. The molecular formula is C13H18Cl2N2O. The van der Waals surface area contributed by atoms with Gasteiger partial charge < -0.3 is 10.2 Å². The normalized spacial score (nSPS) is 18.3. The Balaban J connectivity index is 0.00000162. The summed E-state index contributed by atoms with van der Waals surface area (Å²) in [5, 5.41) is 3.91. The van der Waals surface area contributed by atoms with Crippen molar-refractivity contribution in [1.82, 2.24) is 10.2 Å². The first-order valence-corrected chi connectivity index (χ1v) is 6.21. The van der Waals surface area contributed by atoms with Crippen LogP contribution in [0.3, 0.4) is 0 Å². The summed E-state index contributed by atoms with van der Waals surface area (Å²) in [7, 11) is 1.85. The van der Waals surface area contributed by atoms with Gasteiger partial charge in [-0.05, 0) is 37.6 Å². The number of amides is 1. The van der Waals surface area contributed by atoms with Crippen molar-refractivity contribution in [3.05, 3.63) is 34.3 Å². The molecule has 1 aromatic rings. The highest BCUT2D eigenvalue weighted by Gasteiger charge is 2.24. The molecule has 1 N–H and O–H groups in total. The van der Waals surface area contributed by atoms with E-state index < -0.39 is 0 Å². The van der Waals surface area contributed by atoms with E-state index in [2.05, 4.69) is 5.32 Å². The number of nitrogens with zero attached hydrogens (tertiary/aromatic N) is 1. The number of halogens is 2. The second kappa shape index (κ2) is 6.41. The fourth-order valence-corrected chi connectivity index (χ4v) is 2.25. The number of benzene rings is 1. The van der Waals surface area contributed by atoms with Crippen molar-refractivity contribution in [2.45, 2.75) is 19.4 Å². The SMILES string of the molecule is Cc1ccc(C(=O)N(C)C2CCNC2)cc1Cl.Cl.